The van der Waals surface area contributed by atoms with Gasteiger partial charge in [0.25, 0.3) is 5.91 Å². The van der Waals surface area contributed by atoms with Crippen LogP contribution in [0.3, 0.4) is 0 Å². The topological polar surface area (TPSA) is 67.4 Å². The highest BCUT2D eigenvalue weighted by atomic mass is 35.5. The van der Waals surface area contributed by atoms with Crippen LogP contribution in [0.15, 0.2) is 36.4 Å². The molecule has 0 unspecified atom stereocenters. The molecule has 1 N–H and O–H groups in total. The van der Waals surface area contributed by atoms with Gasteiger partial charge in [0, 0.05) is 20.0 Å². The predicted octanol–water partition coefficient (Wildman–Crippen LogP) is 2.15. The van der Waals surface area contributed by atoms with Crippen molar-refractivity contribution in [2.24, 2.45) is 0 Å². The van der Waals surface area contributed by atoms with Gasteiger partial charge in [-0.1, -0.05) is 23.7 Å². The number of para-hydroxylation sites is 1. The maximum atomic E-state index is 11.5. The van der Waals surface area contributed by atoms with Crippen molar-refractivity contribution in [2.75, 3.05) is 25.0 Å². The van der Waals surface area contributed by atoms with Crippen LogP contribution in [0.1, 0.15) is 16.9 Å². The Balaban J connectivity index is 1.63. The number of nitrogens with zero attached hydrogens (tertiary/aromatic N) is 3. The van der Waals surface area contributed by atoms with E-state index in [-0.39, 0.29) is 12.0 Å². The van der Waals surface area contributed by atoms with E-state index in [1.807, 2.05) is 24.3 Å². The number of ether oxygens (including phenoxy) is 1. The van der Waals surface area contributed by atoms with E-state index in [2.05, 4.69) is 20.4 Å². The zero-order valence-corrected chi connectivity index (χ0v) is 13.5. The molecule has 1 fully saturated rings. The van der Waals surface area contributed by atoms with Crippen LogP contribution in [0.25, 0.3) is 0 Å². The average Bonchev–Trinajstić information content (AvgIpc) is 3.05. The van der Waals surface area contributed by atoms with Crippen LogP contribution in [-0.4, -0.2) is 42.3 Å². The van der Waals surface area contributed by atoms with Crippen molar-refractivity contribution >= 4 is 23.3 Å². The molecule has 2 aromatic rings. The van der Waals surface area contributed by atoms with Crippen molar-refractivity contribution in [3.05, 3.63) is 47.1 Å². The van der Waals surface area contributed by atoms with Crippen LogP contribution in [0.4, 0.5) is 5.82 Å². The molecule has 1 aromatic heterocycles. The fourth-order valence-corrected chi connectivity index (χ4v) is 2.68. The summed E-state index contributed by atoms with van der Waals surface area (Å²) in [5.74, 6) is 1.19. The number of nitrogens with one attached hydrogen (secondary N) is 1. The molecular formula is C16H17ClN4O2. The Hall–Kier alpha value is -2.34. The van der Waals surface area contributed by atoms with Crippen LogP contribution >= 0.6 is 11.6 Å². The standard InChI is InChI=1S/C16H17ClN4O2/c1-18-16(22)13-6-7-15(20-19-13)21-9-8-11(10-21)23-14-5-3-2-4-12(14)17/h2-7,11H,8-10H2,1H3,(H,18,22)/t11-/m0/s1. The van der Waals surface area contributed by atoms with Gasteiger partial charge in [0.2, 0.25) is 0 Å². The summed E-state index contributed by atoms with van der Waals surface area (Å²) in [6.45, 7) is 1.53. The highest BCUT2D eigenvalue weighted by molar-refractivity contribution is 6.32. The third-order valence-corrected chi connectivity index (χ3v) is 4.02. The highest BCUT2D eigenvalue weighted by Gasteiger charge is 2.26. The minimum atomic E-state index is -0.245. The summed E-state index contributed by atoms with van der Waals surface area (Å²) in [5, 5.41) is 11.2. The lowest BCUT2D eigenvalue weighted by molar-refractivity contribution is 0.0957. The second-order valence-electron chi connectivity index (χ2n) is 5.26. The molecule has 1 aromatic carbocycles. The maximum Gasteiger partial charge on any atom is 0.271 e. The van der Waals surface area contributed by atoms with Crippen molar-refractivity contribution < 1.29 is 9.53 Å². The molecule has 3 rings (SSSR count). The number of amides is 1. The average molecular weight is 333 g/mol. The molecule has 0 aliphatic carbocycles. The lowest BCUT2D eigenvalue weighted by Crippen LogP contribution is -2.26. The van der Waals surface area contributed by atoms with E-state index < -0.39 is 0 Å². The minimum absolute atomic E-state index is 0.0512. The summed E-state index contributed by atoms with van der Waals surface area (Å²) in [6, 6.07) is 10.9. The number of rotatable bonds is 4. The van der Waals surface area contributed by atoms with Crippen molar-refractivity contribution in [1.29, 1.82) is 0 Å². The van der Waals surface area contributed by atoms with E-state index in [0.29, 0.717) is 23.0 Å². The number of hydrogen-bond acceptors (Lipinski definition) is 5. The van der Waals surface area contributed by atoms with Gasteiger partial charge in [-0.2, -0.15) is 0 Å². The second kappa shape index (κ2) is 6.83. The van der Waals surface area contributed by atoms with Gasteiger partial charge < -0.3 is 15.0 Å². The predicted molar refractivity (Wildman–Crippen MR) is 88.1 cm³/mol. The first-order valence-electron chi connectivity index (χ1n) is 7.39. The lowest BCUT2D eigenvalue weighted by atomic mass is 10.3. The molecule has 1 aliphatic rings. The molecule has 1 saturated heterocycles. The molecule has 0 bridgehead atoms. The van der Waals surface area contributed by atoms with E-state index in [9.17, 15) is 4.79 Å². The summed E-state index contributed by atoms with van der Waals surface area (Å²) in [7, 11) is 1.56. The third kappa shape index (κ3) is 3.53. The Morgan fingerprint density at radius 1 is 1.30 bits per heavy atom. The van der Waals surface area contributed by atoms with Crippen LogP contribution < -0.4 is 15.0 Å². The summed E-state index contributed by atoms with van der Waals surface area (Å²) < 4.78 is 5.95. The molecular weight excluding hydrogens is 316 g/mol. The Morgan fingerprint density at radius 2 is 2.13 bits per heavy atom. The monoisotopic (exact) mass is 332 g/mol. The van der Waals surface area contributed by atoms with Crippen molar-refractivity contribution in [1.82, 2.24) is 15.5 Å². The Kier molecular flexibility index (Phi) is 4.62. The van der Waals surface area contributed by atoms with Gasteiger partial charge in [0.15, 0.2) is 11.5 Å². The zero-order chi connectivity index (χ0) is 16.2. The van der Waals surface area contributed by atoms with Gasteiger partial charge in [-0.15, -0.1) is 10.2 Å². The summed E-state index contributed by atoms with van der Waals surface area (Å²) >= 11 is 6.12. The van der Waals surface area contributed by atoms with E-state index in [1.165, 1.54) is 0 Å². The van der Waals surface area contributed by atoms with Crippen LogP contribution in [0.5, 0.6) is 5.75 Å². The molecule has 2 heterocycles. The second-order valence-corrected chi connectivity index (χ2v) is 5.67. The van der Waals surface area contributed by atoms with Gasteiger partial charge in [-0.3, -0.25) is 4.79 Å². The SMILES string of the molecule is CNC(=O)c1ccc(N2CC[C@H](Oc3ccccc3Cl)C2)nn1. The fourth-order valence-electron chi connectivity index (χ4n) is 2.50. The van der Waals surface area contributed by atoms with Crippen LogP contribution in [0.2, 0.25) is 5.02 Å². The molecule has 1 atom stereocenters. The molecule has 0 saturated carbocycles. The van der Waals surface area contributed by atoms with Crippen LogP contribution in [-0.2, 0) is 0 Å². The van der Waals surface area contributed by atoms with E-state index >= 15 is 0 Å². The first-order chi connectivity index (χ1) is 11.2. The zero-order valence-electron chi connectivity index (χ0n) is 12.7. The molecule has 23 heavy (non-hydrogen) atoms. The van der Waals surface area contributed by atoms with E-state index in [0.717, 1.165) is 18.8 Å². The van der Waals surface area contributed by atoms with Crippen molar-refractivity contribution in [3.63, 3.8) is 0 Å². The van der Waals surface area contributed by atoms with Gasteiger partial charge in [0.05, 0.1) is 11.6 Å². The number of anilines is 1. The number of hydrogen-bond donors (Lipinski definition) is 1. The van der Waals surface area contributed by atoms with Gasteiger partial charge in [-0.05, 0) is 24.3 Å². The smallest absolute Gasteiger partial charge is 0.271 e. The van der Waals surface area contributed by atoms with E-state index in [4.69, 9.17) is 16.3 Å². The van der Waals surface area contributed by atoms with Crippen molar-refractivity contribution in [3.8, 4) is 5.75 Å². The molecule has 1 aliphatic heterocycles. The summed E-state index contributed by atoms with van der Waals surface area (Å²) in [5.41, 5.74) is 0.305. The molecule has 1 amide bonds. The Bertz CT molecular complexity index is 693. The van der Waals surface area contributed by atoms with E-state index in [1.54, 1.807) is 19.2 Å². The summed E-state index contributed by atoms with van der Waals surface area (Å²) in [4.78, 5) is 13.6. The van der Waals surface area contributed by atoms with Gasteiger partial charge in [0.1, 0.15) is 11.9 Å². The minimum Gasteiger partial charge on any atom is -0.487 e. The quantitative estimate of drug-likeness (QED) is 0.929. The molecule has 6 nitrogen and oxygen atoms in total. The number of carbonyl (C=O) groups excluding carboxylic acids is 1. The van der Waals surface area contributed by atoms with Gasteiger partial charge >= 0.3 is 0 Å². The molecule has 0 radical (unpaired) electrons. The summed E-state index contributed by atoms with van der Waals surface area (Å²) in [6.07, 6.45) is 0.930. The Morgan fingerprint density at radius 3 is 2.83 bits per heavy atom. The van der Waals surface area contributed by atoms with Gasteiger partial charge in [-0.25, -0.2) is 0 Å². The molecule has 7 heteroatoms. The number of benzene rings is 1. The highest BCUT2D eigenvalue weighted by Crippen LogP contribution is 2.27. The van der Waals surface area contributed by atoms with Crippen molar-refractivity contribution in [2.45, 2.75) is 12.5 Å². The van der Waals surface area contributed by atoms with Crippen LogP contribution in [0, 0.1) is 0 Å². The molecule has 120 valence electrons. The molecule has 0 spiro atoms. The first-order valence-corrected chi connectivity index (χ1v) is 7.77. The largest absolute Gasteiger partial charge is 0.487 e. The number of halogens is 1. The number of aromatic nitrogens is 2. The first kappa shape index (κ1) is 15.6. The maximum absolute atomic E-state index is 11.5. The lowest BCUT2D eigenvalue weighted by Gasteiger charge is -2.18. The number of carbonyl (C=O) groups is 1. The normalized spacial score (nSPS) is 17.1. The fraction of sp³-hybridized carbons (Fsp3) is 0.312. The Labute approximate surface area is 139 Å². The third-order valence-electron chi connectivity index (χ3n) is 3.71.